The molecule has 0 aliphatic carbocycles. The molecule has 0 atom stereocenters. The fourth-order valence-electron chi connectivity index (χ4n) is 2.28. The van der Waals surface area contributed by atoms with Crippen molar-refractivity contribution in [3.8, 4) is 0 Å². The van der Waals surface area contributed by atoms with Gasteiger partial charge in [0.1, 0.15) is 0 Å². The molecule has 0 aliphatic heterocycles. The van der Waals surface area contributed by atoms with Crippen LogP contribution in [0.25, 0.3) is 0 Å². The Hall–Kier alpha value is -4.07. The van der Waals surface area contributed by atoms with Gasteiger partial charge in [-0.1, -0.05) is 0 Å². The maximum Gasteiger partial charge on any atom is 0.269 e. The summed E-state index contributed by atoms with van der Waals surface area (Å²) in [6.45, 7) is 0. The smallest absolute Gasteiger partial charge is 0.269 e. The number of rotatable bonds is 5. The molecule has 8 nitrogen and oxygen atoms in total. The summed E-state index contributed by atoms with van der Waals surface area (Å²) in [6, 6.07) is 15.1. The monoisotopic (exact) mass is 362 g/mol. The van der Waals surface area contributed by atoms with Gasteiger partial charge in [-0.25, -0.2) is 0 Å². The van der Waals surface area contributed by atoms with E-state index < -0.39 is 4.92 Å². The number of nitrogens with one attached hydrogen (secondary N) is 2. The summed E-state index contributed by atoms with van der Waals surface area (Å²) in [5.74, 6) is -0.701. The normalized spacial score (nSPS) is 10.1. The van der Waals surface area contributed by atoms with Gasteiger partial charge in [0.15, 0.2) is 0 Å². The second kappa shape index (κ2) is 7.87. The molecule has 27 heavy (non-hydrogen) atoms. The number of hydrogen-bond donors (Lipinski definition) is 2. The van der Waals surface area contributed by atoms with Gasteiger partial charge < -0.3 is 10.6 Å². The van der Waals surface area contributed by atoms with Crippen LogP contribution in [0.5, 0.6) is 0 Å². The van der Waals surface area contributed by atoms with Crippen LogP contribution < -0.4 is 10.6 Å². The van der Waals surface area contributed by atoms with Crippen molar-refractivity contribution < 1.29 is 14.5 Å². The van der Waals surface area contributed by atoms with E-state index >= 15 is 0 Å². The Morgan fingerprint density at radius 1 is 0.815 bits per heavy atom. The predicted molar refractivity (Wildman–Crippen MR) is 99.7 cm³/mol. The van der Waals surface area contributed by atoms with E-state index in [0.29, 0.717) is 22.5 Å². The Morgan fingerprint density at radius 2 is 1.37 bits per heavy atom. The fourth-order valence-corrected chi connectivity index (χ4v) is 2.28. The molecule has 0 spiro atoms. The quantitative estimate of drug-likeness (QED) is 0.532. The first-order chi connectivity index (χ1) is 13.0. The highest BCUT2D eigenvalue weighted by Gasteiger charge is 2.11. The summed E-state index contributed by atoms with van der Waals surface area (Å²) >= 11 is 0. The zero-order valence-electron chi connectivity index (χ0n) is 14.0. The van der Waals surface area contributed by atoms with Crippen LogP contribution in [-0.2, 0) is 0 Å². The van der Waals surface area contributed by atoms with Crippen molar-refractivity contribution in [2.75, 3.05) is 10.6 Å². The molecule has 8 heteroatoms. The van der Waals surface area contributed by atoms with Gasteiger partial charge >= 0.3 is 0 Å². The van der Waals surface area contributed by atoms with E-state index in [9.17, 15) is 19.7 Å². The average Bonchev–Trinajstić information content (AvgIpc) is 2.69. The lowest BCUT2D eigenvalue weighted by Gasteiger charge is -2.07. The van der Waals surface area contributed by atoms with Gasteiger partial charge in [0, 0.05) is 35.1 Å². The first kappa shape index (κ1) is 17.7. The summed E-state index contributed by atoms with van der Waals surface area (Å²) < 4.78 is 0. The second-order valence-corrected chi connectivity index (χ2v) is 5.53. The molecule has 1 aromatic heterocycles. The van der Waals surface area contributed by atoms with Crippen molar-refractivity contribution in [3.63, 3.8) is 0 Å². The van der Waals surface area contributed by atoms with Gasteiger partial charge in [-0.2, -0.15) is 0 Å². The molecule has 3 rings (SSSR count). The highest BCUT2D eigenvalue weighted by atomic mass is 16.6. The molecule has 0 saturated carbocycles. The predicted octanol–water partition coefficient (Wildman–Crippen LogP) is 3.49. The van der Waals surface area contributed by atoms with E-state index in [1.165, 1.54) is 54.7 Å². The minimum Gasteiger partial charge on any atom is -0.322 e. The Labute approximate surface area is 154 Å². The number of non-ortho nitro benzene ring substituents is 1. The lowest BCUT2D eigenvalue weighted by Crippen LogP contribution is -2.14. The molecule has 0 radical (unpaired) electrons. The van der Waals surface area contributed by atoms with Crippen molar-refractivity contribution in [2.45, 2.75) is 0 Å². The lowest BCUT2D eigenvalue weighted by atomic mass is 10.1. The highest BCUT2D eigenvalue weighted by molar-refractivity contribution is 6.07. The van der Waals surface area contributed by atoms with Gasteiger partial charge in [0.05, 0.1) is 16.8 Å². The molecule has 0 fully saturated rings. The minimum absolute atomic E-state index is 0.0584. The maximum atomic E-state index is 12.3. The third-order valence-corrected chi connectivity index (χ3v) is 3.66. The number of aromatic nitrogens is 1. The third kappa shape index (κ3) is 4.51. The summed E-state index contributed by atoms with van der Waals surface area (Å²) in [7, 11) is 0. The Balaban J connectivity index is 1.64. The summed E-state index contributed by atoms with van der Waals surface area (Å²) in [4.78, 5) is 38.5. The number of hydrogen-bond acceptors (Lipinski definition) is 5. The van der Waals surface area contributed by atoms with Gasteiger partial charge in [-0.15, -0.1) is 0 Å². The highest BCUT2D eigenvalue weighted by Crippen LogP contribution is 2.16. The summed E-state index contributed by atoms with van der Waals surface area (Å²) in [6.07, 6.45) is 3.14. The molecular weight excluding hydrogens is 348 g/mol. The van der Waals surface area contributed by atoms with Crippen molar-refractivity contribution in [2.24, 2.45) is 0 Å². The van der Waals surface area contributed by atoms with Crippen LogP contribution in [0.1, 0.15) is 20.7 Å². The second-order valence-electron chi connectivity index (χ2n) is 5.53. The number of benzene rings is 2. The van der Waals surface area contributed by atoms with E-state index in [4.69, 9.17) is 0 Å². The van der Waals surface area contributed by atoms with Gasteiger partial charge in [-0.3, -0.25) is 24.7 Å². The van der Waals surface area contributed by atoms with Crippen molar-refractivity contribution in [1.29, 1.82) is 0 Å². The van der Waals surface area contributed by atoms with E-state index in [1.54, 1.807) is 18.3 Å². The van der Waals surface area contributed by atoms with Gasteiger partial charge in [0.25, 0.3) is 17.5 Å². The standard InChI is InChI=1S/C19H14N4O4/c24-18(21-15-7-9-17(10-8-15)23(26)27)13-3-5-14(6-4-13)19(25)22-16-2-1-11-20-12-16/h1-12H,(H,21,24)(H,22,25). The van der Waals surface area contributed by atoms with Crippen LogP contribution in [0.2, 0.25) is 0 Å². The van der Waals surface area contributed by atoms with E-state index in [0.717, 1.165) is 0 Å². The Bertz CT molecular complexity index is 971. The molecule has 2 amide bonds. The Morgan fingerprint density at radius 3 is 1.85 bits per heavy atom. The molecule has 1 heterocycles. The van der Waals surface area contributed by atoms with E-state index in [-0.39, 0.29) is 17.5 Å². The molecular formula is C19H14N4O4. The number of nitro groups is 1. The number of carbonyl (C=O) groups is 2. The summed E-state index contributed by atoms with van der Waals surface area (Å²) in [5.41, 5.74) is 1.69. The summed E-state index contributed by atoms with van der Waals surface area (Å²) in [5, 5.41) is 16.0. The van der Waals surface area contributed by atoms with Crippen molar-refractivity contribution in [1.82, 2.24) is 4.98 Å². The SMILES string of the molecule is O=C(Nc1ccc([N+](=O)[O-])cc1)c1ccc(C(=O)Nc2cccnc2)cc1. The molecule has 0 aliphatic rings. The van der Waals surface area contributed by atoms with Gasteiger partial charge in [-0.05, 0) is 48.5 Å². The molecule has 3 aromatic rings. The fraction of sp³-hybridized carbons (Fsp3) is 0. The van der Waals surface area contributed by atoms with E-state index in [1.807, 2.05) is 0 Å². The van der Waals surface area contributed by atoms with Crippen LogP contribution in [0, 0.1) is 10.1 Å². The first-order valence-electron chi connectivity index (χ1n) is 7.90. The van der Waals surface area contributed by atoms with Crippen LogP contribution in [0.4, 0.5) is 17.1 Å². The van der Waals surface area contributed by atoms with Gasteiger partial charge in [0.2, 0.25) is 0 Å². The molecule has 134 valence electrons. The van der Waals surface area contributed by atoms with E-state index in [2.05, 4.69) is 15.6 Å². The maximum absolute atomic E-state index is 12.3. The molecule has 0 saturated heterocycles. The molecule has 2 aromatic carbocycles. The largest absolute Gasteiger partial charge is 0.322 e. The zero-order chi connectivity index (χ0) is 19.2. The zero-order valence-corrected chi connectivity index (χ0v) is 14.0. The molecule has 0 unspecified atom stereocenters. The van der Waals surface area contributed by atoms with Crippen molar-refractivity contribution in [3.05, 3.63) is 94.3 Å². The minimum atomic E-state index is -0.513. The van der Waals surface area contributed by atoms with Crippen LogP contribution in [0.3, 0.4) is 0 Å². The first-order valence-corrected chi connectivity index (χ1v) is 7.90. The topological polar surface area (TPSA) is 114 Å². The Kier molecular flexibility index (Phi) is 5.17. The number of amides is 2. The number of carbonyl (C=O) groups excluding carboxylic acids is 2. The molecule has 2 N–H and O–H groups in total. The van der Waals surface area contributed by atoms with Crippen LogP contribution in [0.15, 0.2) is 73.1 Å². The third-order valence-electron chi connectivity index (χ3n) is 3.66. The van der Waals surface area contributed by atoms with Crippen LogP contribution in [-0.4, -0.2) is 21.7 Å². The number of pyridine rings is 1. The average molecular weight is 362 g/mol. The molecule has 0 bridgehead atoms. The van der Waals surface area contributed by atoms with Crippen molar-refractivity contribution >= 4 is 28.9 Å². The van der Waals surface area contributed by atoms with Crippen LogP contribution >= 0.6 is 0 Å². The number of nitrogens with zero attached hydrogens (tertiary/aromatic N) is 2. The lowest BCUT2D eigenvalue weighted by molar-refractivity contribution is -0.384. The number of nitro benzene ring substituents is 1. The number of anilines is 2.